The van der Waals surface area contributed by atoms with Gasteiger partial charge in [-0.3, -0.25) is 14.9 Å². The highest BCUT2D eigenvalue weighted by Crippen LogP contribution is 2.20. The molecule has 20 heavy (non-hydrogen) atoms. The number of halogens is 1. The van der Waals surface area contributed by atoms with E-state index in [9.17, 15) is 4.79 Å². The molecule has 0 unspecified atom stereocenters. The summed E-state index contributed by atoms with van der Waals surface area (Å²) in [6.07, 6.45) is 1.64. The summed E-state index contributed by atoms with van der Waals surface area (Å²) in [6, 6.07) is 5.03. The number of aromatic amines is 1. The monoisotopic (exact) mass is 295 g/mol. The summed E-state index contributed by atoms with van der Waals surface area (Å²) in [6.45, 7) is 0.282. The Hall–Kier alpha value is -2.12. The van der Waals surface area contributed by atoms with Gasteiger partial charge in [0.15, 0.2) is 5.82 Å². The lowest BCUT2D eigenvalue weighted by Gasteiger charge is -2.16. The summed E-state index contributed by atoms with van der Waals surface area (Å²) in [5, 5.41) is 9.03. The molecule has 0 fully saturated rings. The molecule has 0 aliphatic rings. The minimum atomic E-state index is -0.424. The standard InChI is InChI=1S/C12H14ClN5O2/c1-20-6-8(7-4-2-3-5-15-7)16-12(19)10-9(13)11(14)18-17-10/h2-5,8H,6H2,1H3,(H,16,19)(H3,14,17,18)/t8-/m0/s1. The average molecular weight is 296 g/mol. The number of hydrogen-bond donors (Lipinski definition) is 3. The van der Waals surface area contributed by atoms with Crippen LogP contribution in [0.5, 0.6) is 0 Å². The third-order valence-electron chi connectivity index (χ3n) is 2.64. The first-order valence-corrected chi connectivity index (χ1v) is 6.21. The molecule has 2 aromatic heterocycles. The van der Waals surface area contributed by atoms with E-state index in [4.69, 9.17) is 22.1 Å². The van der Waals surface area contributed by atoms with E-state index in [2.05, 4.69) is 20.5 Å². The molecular formula is C12H14ClN5O2. The Morgan fingerprint density at radius 1 is 1.60 bits per heavy atom. The SMILES string of the molecule is COC[C@H](NC(=O)c1[nH]nc(N)c1Cl)c1ccccn1. The molecule has 2 heterocycles. The fourth-order valence-corrected chi connectivity index (χ4v) is 1.84. The number of anilines is 1. The Balaban J connectivity index is 2.16. The number of rotatable bonds is 5. The lowest BCUT2D eigenvalue weighted by Crippen LogP contribution is -2.32. The van der Waals surface area contributed by atoms with Crippen LogP contribution in [0.4, 0.5) is 5.82 Å². The molecular weight excluding hydrogens is 282 g/mol. The molecule has 4 N–H and O–H groups in total. The van der Waals surface area contributed by atoms with Crippen molar-refractivity contribution in [3.8, 4) is 0 Å². The van der Waals surface area contributed by atoms with Gasteiger partial charge in [-0.05, 0) is 12.1 Å². The highest BCUT2D eigenvalue weighted by molar-refractivity contribution is 6.35. The first-order valence-electron chi connectivity index (χ1n) is 5.83. The van der Waals surface area contributed by atoms with Crippen molar-refractivity contribution in [2.24, 2.45) is 0 Å². The topological polar surface area (TPSA) is 106 Å². The van der Waals surface area contributed by atoms with Gasteiger partial charge in [0.2, 0.25) is 0 Å². The molecule has 7 nitrogen and oxygen atoms in total. The number of nitrogens with zero attached hydrogens (tertiary/aromatic N) is 2. The van der Waals surface area contributed by atoms with Crippen molar-refractivity contribution in [2.75, 3.05) is 19.5 Å². The predicted octanol–water partition coefficient (Wildman–Crippen LogP) is 1.16. The second-order valence-corrected chi connectivity index (χ2v) is 4.41. The second kappa shape index (κ2) is 6.36. The molecule has 0 saturated carbocycles. The van der Waals surface area contributed by atoms with Crippen LogP contribution in [-0.4, -0.2) is 34.8 Å². The van der Waals surface area contributed by atoms with Gasteiger partial charge in [0.1, 0.15) is 10.7 Å². The first kappa shape index (κ1) is 14.3. The number of amides is 1. The van der Waals surface area contributed by atoms with Gasteiger partial charge < -0.3 is 15.8 Å². The molecule has 0 bridgehead atoms. The van der Waals surface area contributed by atoms with Crippen LogP contribution in [0.2, 0.25) is 5.02 Å². The second-order valence-electron chi connectivity index (χ2n) is 4.03. The number of ether oxygens (including phenoxy) is 1. The van der Waals surface area contributed by atoms with E-state index in [0.717, 1.165) is 0 Å². The van der Waals surface area contributed by atoms with Crippen molar-refractivity contribution in [1.82, 2.24) is 20.5 Å². The molecule has 2 rings (SSSR count). The summed E-state index contributed by atoms with van der Waals surface area (Å²) >= 11 is 5.88. The maximum atomic E-state index is 12.1. The first-order chi connectivity index (χ1) is 9.63. The van der Waals surface area contributed by atoms with Crippen molar-refractivity contribution < 1.29 is 9.53 Å². The zero-order valence-corrected chi connectivity index (χ0v) is 11.5. The van der Waals surface area contributed by atoms with Crippen LogP contribution in [0.15, 0.2) is 24.4 Å². The number of nitrogen functional groups attached to an aromatic ring is 1. The van der Waals surface area contributed by atoms with Crippen LogP contribution in [0.3, 0.4) is 0 Å². The number of nitrogens with one attached hydrogen (secondary N) is 2. The third kappa shape index (κ3) is 3.06. The Morgan fingerprint density at radius 2 is 2.40 bits per heavy atom. The fraction of sp³-hybridized carbons (Fsp3) is 0.250. The Kier molecular flexibility index (Phi) is 4.54. The number of carbonyl (C=O) groups excluding carboxylic acids is 1. The van der Waals surface area contributed by atoms with Gasteiger partial charge in [-0.2, -0.15) is 5.10 Å². The van der Waals surface area contributed by atoms with E-state index >= 15 is 0 Å². The normalized spacial score (nSPS) is 12.1. The number of carbonyl (C=O) groups is 1. The van der Waals surface area contributed by atoms with Crippen molar-refractivity contribution >= 4 is 23.3 Å². The van der Waals surface area contributed by atoms with Gasteiger partial charge in [0.25, 0.3) is 5.91 Å². The Labute approximate surface area is 120 Å². The lowest BCUT2D eigenvalue weighted by atomic mass is 10.2. The van der Waals surface area contributed by atoms with Crippen molar-refractivity contribution in [1.29, 1.82) is 0 Å². The minimum Gasteiger partial charge on any atom is -0.382 e. The van der Waals surface area contributed by atoms with Crippen LogP contribution in [-0.2, 0) is 4.74 Å². The van der Waals surface area contributed by atoms with E-state index < -0.39 is 11.9 Å². The van der Waals surface area contributed by atoms with Crippen molar-refractivity contribution in [3.63, 3.8) is 0 Å². The van der Waals surface area contributed by atoms with Gasteiger partial charge >= 0.3 is 0 Å². The number of nitrogens with two attached hydrogens (primary N) is 1. The molecule has 0 aromatic carbocycles. The smallest absolute Gasteiger partial charge is 0.271 e. The zero-order valence-electron chi connectivity index (χ0n) is 10.8. The Bertz CT molecular complexity index is 587. The quantitative estimate of drug-likeness (QED) is 0.767. The van der Waals surface area contributed by atoms with E-state index in [-0.39, 0.29) is 23.1 Å². The van der Waals surface area contributed by atoms with Crippen LogP contribution >= 0.6 is 11.6 Å². The summed E-state index contributed by atoms with van der Waals surface area (Å²) in [5.74, 6) is -0.343. The molecule has 1 atom stereocenters. The molecule has 1 amide bonds. The van der Waals surface area contributed by atoms with Crippen LogP contribution in [0.1, 0.15) is 22.2 Å². The highest BCUT2D eigenvalue weighted by Gasteiger charge is 2.21. The average Bonchev–Trinajstić information content (AvgIpc) is 2.79. The number of methoxy groups -OCH3 is 1. The van der Waals surface area contributed by atoms with Crippen LogP contribution in [0.25, 0.3) is 0 Å². The van der Waals surface area contributed by atoms with Crippen LogP contribution in [0, 0.1) is 0 Å². The van der Waals surface area contributed by atoms with Crippen molar-refractivity contribution in [3.05, 3.63) is 40.8 Å². The summed E-state index contributed by atoms with van der Waals surface area (Å²) < 4.78 is 5.09. The van der Waals surface area contributed by atoms with E-state index in [1.165, 1.54) is 0 Å². The number of H-pyrrole nitrogens is 1. The van der Waals surface area contributed by atoms with Crippen LogP contribution < -0.4 is 11.1 Å². The van der Waals surface area contributed by atoms with Gasteiger partial charge in [0, 0.05) is 13.3 Å². The van der Waals surface area contributed by atoms with Gasteiger partial charge in [-0.1, -0.05) is 17.7 Å². The third-order valence-corrected chi connectivity index (χ3v) is 3.03. The molecule has 0 radical (unpaired) electrons. The molecule has 0 aliphatic heterocycles. The van der Waals surface area contributed by atoms with Crippen molar-refractivity contribution in [2.45, 2.75) is 6.04 Å². The number of aromatic nitrogens is 3. The van der Waals surface area contributed by atoms with Gasteiger partial charge in [0.05, 0.1) is 18.3 Å². The van der Waals surface area contributed by atoms with E-state index in [1.807, 2.05) is 6.07 Å². The zero-order chi connectivity index (χ0) is 14.5. The summed E-state index contributed by atoms with van der Waals surface area (Å²) in [4.78, 5) is 16.3. The fourth-order valence-electron chi connectivity index (χ4n) is 1.67. The van der Waals surface area contributed by atoms with E-state index in [1.54, 1.807) is 25.4 Å². The molecule has 8 heteroatoms. The minimum absolute atomic E-state index is 0.0814. The molecule has 2 aromatic rings. The summed E-state index contributed by atoms with van der Waals surface area (Å²) in [5.41, 5.74) is 6.29. The molecule has 0 aliphatic carbocycles. The largest absolute Gasteiger partial charge is 0.382 e. The number of hydrogen-bond acceptors (Lipinski definition) is 5. The maximum Gasteiger partial charge on any atom is 0.271 e. The predicted molar refractivity (Wildman–Crippen MR) is 74.3 cm³/mol. The lowest BCUT2D eigenvalue weighted by molar-refractivity contribution is 0.0889. The Morgan fingerprint density at radius 3 is 2.95 bits per heavy atom. The number of pyridine rings is 1. The highest BCUT2D eigenvalue weighted by atomic mass is 35.5. The molecule has 106 valence electrons. The van der Waals surface area contributed by atoms with Gasteiger partial charge in [-0.15, -0.1) is 0 Å². The maximum absolute atomic E-state index is 12.1. The van der Waals surface area contributed by atoms with E-state index in [0.29, 0.717) is 5.69 Å². The summed E-state index contributed by atoms with van der Waals surface area (Å²) in [7, 11) is 1.54. The molecule has 0 saturated heterocycles. The van der Waals surface area contributed by atoms with Gasteiger partial charge in [-0.25, -0.2) is 0 Å². The molecule has 0 spiro atoms.